The fourth-order valence-electron chi connectivity index (χ4n) is 2.76. The maximum atomic E-state index is 12.3. The summed E-state index contributed by atoms with van der Waals surface area (Å²) in [6.07, 6.45) is -0.799. The lowest BCUT2D eigenvalue weighted by molar-refractivity contribution is -0.137. The maximum absolute atomic E-state index is 12.3. The van der Waals surface area contributed by atoms with Gasteiger partial charge in [0.1, 0.15) is 11.5 Å². The van der Waals surface area contributed by atoms with Gasteiger partial charge in [0.25, 0.3) is 0 Å². The SMILES string of the molecule is Cc1ccc(C(F)(F)F)cc1P.Nc1cn2cc(C(=O)c3ccc(P)cc3)ccc2n1. The molecule has 0 aliphatic rings. The zero-order chi connectivity index (χ0) is 22.8. The monoisotopic (exact) mass is 461 g/mol. The molecule has 0 bridgehead atoms. The number of hydrogen-bond donors (Lipinski definition) is 1. The van der Waals surface area contributed by atoms with Crippen molar-refractivity contribution < 1.29 is 18.0 Å². The number of ketones is 1. The molecule has 0 aliphatic carbocycles. The number of pyridine rings is 1. The highest BCUT2D eigenvalue weighted by Gasteiger charge is 2.30. The predicted molar refractivity (Wildman–Crippen MR) is 124 cm³/mol. The number of rotatable bonds is 2. The topological polar surface area (TPSA) is 60.4 Å². The summed E-state index contributed by atoms with van der Waals surface area (Å²) in [5.74, 6) is 0.427. The van der Waals surface area contributed by atoms with E-state index in [4.69, 9.17) is 5.73 Å². The van der Waals surface area contributed by atoms with Gasteiger partial charge in [-0.05, 0) is 47.4 Å². The van der Waals surface area contributed by atoms with E-state index in [-0.39, 0.29) is 5.78 Å². The van der Waals surface area contributed by atoms with Crippen LogP contribution in [0.15, 0.2) is 67.0 Å². The van der Waals surface area contributed by atoms with Crippen LogP contribution in [0.3, 0.4) is 0 Å². The molecule has 4 nitrogen and oxygen atoms in total. The third-order valence-electron chi connectivity index (χ3n) is 4.51. The van der Waals surface area contributed by atoms with Gasteiger partial charge in [0.05, 0.1) is 11.8 Å². The maximum Gasteiger partial charge on any atom is 0.416 e. The number of imidazole rings is 1. The van der Waals surface area contributed by atoms with Crippen LogP contribution in [0, 0.1) is 6.92 Å². The molecule has 0 saturated carbocycles. The van der Waals surface area contributed by atoms with Gasteiger partial charge < -0.3 is 10.1 Å². The Morgan fingerprint density at radius 3 is 2.23 bits per heavy atom. The molecule has 4 aromatic rings. The minimum atomic E-state index is -4.24. The van der Waals surface area contributed by atoms with Gasteiger partial charge in [0.15, 0.2) is 5.78 Å². The zero-order valence-electron chi connectivity index (χ0n) is 16.5. The molecule has 31 heavy (non-hydrogen) atoms. The number of aromatic nitrogens is 2. The second-order valence-corrected chi connectivity index (χ2v) is 8.16. The van der Waals surface area contributed by atoms with Gasteiger partial charge in [-0.2, -0.15) is 13.2 Å². The number of aryl methyl sites for hydroxylation is 1. The molecule has 0 amide bonds. The van der Waals surface area contributed by atoms with Crippen LogP contribution in [-0.4, -0.2) is 15.2 Å². The van der Waals surface area contributed by atoms with Crippen LogP contribution in [-0.2, 0) is 6.18 Å². The number of carbonyl (C=O) groups excluding carboxylic acids is 1. The van der Waals surface area contributed by atoms with Crippen LogP contribution in [0.1, 0.15) is 27.0 Å². The fraction of sp³-hybridized carbons (Fsp3) is 0.0909. The van der Waals surface area contributed by atoms with Crippen LogP contribution in [0.2, 0.25) is 0 Å². The van der Waals surface area contributed by atoms with E-state index in [2.05, 4.69) is 23.5 Å². The molecular weight excluding hydrogens is 441 g/mol. The van der Waals surface area contributed by atoms with E-state index in [0.29, 0.717) is 22.2 Å². The molecule has 0 spiro atoms. The molecule has 0 fully saturated rings. The normalized spacial score (nSPS) is 11.2. The van der Waals surface area contributed by atoms with Gasteiger partial charge in [-0.25, -0.2) is 4.98 Å². The van der Waals surface area contributed by atoms with Gasteiger partial charge >= 0.3 is 6.18 Å². The van der Waals surface area contributed by atoms with Crippen molar-refractivity contribution in [2.75, 3.05) is 5.73 Å². The molecule has 160 valence electrons. The minimum absolute atomic E-state index is 0.0147. The smallest absolute Gasteiger partial charge is 0.382 e. The molecule has 9 heteroatoms. The van der Waals surface area contributed by atoms with Gasteiger partial charge in [-0.1, -0.05) is 30.3 Å². The number of hydrogen-bond acceptors (Lipinski definition) is 3. The van der Waals surface area contributed by atoms with Crippen molar-refractivity contribution in [1.82, 2.24) is 9.38 Å². The van der Waals surface area contributed by atoms with Gasteiger partial charge in [-0.3, -0.25) is 4.79 Å². The lowest BCUT2D eigenvalue weighted by atomic mass is 10.1. The van der Waals surface area contributed by atoms with Crippen molar-refractivity contribution >= 4 is 46.3 Å². The van der Waals surface area contributed by atoms with E-state index in [1.807, 2.05) is 24.3 Å². The Bertz CT molecular complexity index is 1240. The summed E-state index contributed by atoms with van der Waals surface area (Å²) >= 11 is 0. The molecule has 4 rings (SSSR count). The van der Waals surface area contributed by atoms with E-state index in [9.17, 15) is 18.0 Å². The van der Waals surface area contributed by atoms with Crippen LogP contribution in [0.25, 0.3) is 5.65 Å². The minimum Gasteiger partial charge on any atom is -0.382 e. The number of carbonyl (C=O) groups is 1. The van der Waals surface area contributed by atoms with Crippen molar-refractivity contribution in [1.29, 1.82) is 0 Å². The lowest BCUT2D eigenvalue weighted by Gasteiger charge is -2.08. The molecule has 2 N–H and O–H groups in total. The zero-order valence-corrected chi connectivity index (χ0v) is 18.8. The number of fused-ring (bicyclic) bond motifs is 1. The van der Waals surface area contributed by atoms with Crippen LogP contribution >= 0.6 is 18.5 Å². The summed E-state index contributed by atoms with van der Waals surface area (Å²) in [6.45, 7) is 1.77. The molecule has 0 aliphatic heterocycles. The summed E-state index contributed by atoms with van der Waals surface area (Å²) in [5.41, 5.74) is 7.88. The predicted octanol–water partition coefficient (Wildman–Crippen LogP) is 4.16. The average Bonchev–Trinajstić information content (AvgIpc) is 3.09. The summed E-state index contributed by atoms with van der Waals surface area (Å²) < 4.78 is 38.0. The van der Waals surface area contributed by atoms with E-state index in [0.717, 1.165) is 28.6 Å². The molecule has 2 unspecified atom stereocenters. The van der Waals surface area contributed by atoms with E-state index in [1.54, 1.807) is 35.9 Å². The molecule has 2 aromatic carbocycles. The van der Waals surface area contributed by atoms with Crippen LogP contribution in [0.4, 0.5) is 19.0 Å². The van der Waals surface area contributed by atoms with Crippen LogP contribution < -0.4 is 16.3 Å². The Balaban J connectivity index is 0.000000196. The number of anilines is 1. The Kier molecular flexibility index (Phi) is 6.78. The third kappa shape index (κ3) is 5.69. The molecular formula is C22H20F3N3OP2. The Morgan fingerprint density at radius 1 is 0.968 bits per heavy atom. The number of nitrogens with two attached hydrogens (primary N) is 1. The van der Waals surface area contributed by atoms with Gasteiger partial charge in [-0.15, -0.1) is 18.5 Å². The van der Waals surface area contributed by atoms with Crippen molar-refractivity contribution in [2.45, 2.75) is 13.1 Å². The highest BCUT2D eigenvalue weighted by molar-refractivity contribution is 7.27. The number of alkyl halides is 3. The summed E-state index contributed by atoms with van der Waals surface area (Å²) in [4.78, 5) is 16.5. The average molecular weight is 461 g/mol. The van der Waals surface area contributed by atoms with Crippen molar-refractivity contribution in [3.63, 3.8) is 0 Å². The van der Waals surface area contributed by atoms with Crippen LogP contribution in [0.5, 0.6) is 0 Å². The Hall–Kier alpha value is -2.75. The molecule has 0 saturated heterocycles. The standard InChI is InChI=1S/C14H12N3OP.C8H8F3P/c15-12-8-17-7-10(3-6-13(17)16-12)14(18)9-1-4-11(19)5-2-9;1-5-2-3-6(4-7(5)12)8(9,10)11/h1-8H,15,19H2;2-4H,12H2,1H3. The number of halogens is 3. The van der Waals surface area contributed by atoms with Gasteiger partial charge in [0, 0.05) is 17.3 Å². The second kappa shape index (κ2) is 9.17. The fourth-order valence-corrected chi connectivity index (χ4v) is 3.23. The molecule has 2 aromatic heterocycles. The van der Waals surface area contributed by atoms with Crippen molar-refractivity contribution in [3.05, 3.63) is 89.2 Å². The highest BCUT2D eigenvalue weighted by Crippen LogP contribution is 2.28. The first-order valence-electron chi connectivity index (χ1n) is 9.12. The summed E-state index contributed by atoms with van der Waals surface area (Å²) in [7, 11) is 4.88. The Labute approximate surface area is 182 Å². The number of nitrogens with zero attached hydrogens (tertiary/aromatic N) is 2. The molecule has 0 radical (unpaired) electrons. The molecule has 2 heterocycles. The second-order valence-electron chi connectivity index (χ2n) is 6.87. The largest absolute Gasteiger partial charge is 0.416 e. The van der Waals surface area contributed by atoms with E-state index in [1.165, 1.54) is 6.07 Å². The number of benzene rings is 2. The van der Waals surface area contributed by atoms with Gasteiger partial charge in [0.2, 0.25) is 0 Å². The lowest BCUT2D eigenvalue weighted by Crippen LogP contribution is -2.09. The highest BCUT2D eigenvalue weighted by atomic mass is 31.0. The summed E-state index contributed by atoms with van der Waals surface area (Å²) in [5, 5.41) is 1.64. The first-order chi connectivity index (χ1) is 14.5. The third-order valence-corrected chi connectivity index (χ3v) is 5.52. The summed E-state index contributed by atoms with van der Waals surface area (Å²) in [6, 6.07) is 14.6. The number of nitrogen functional groups attached to an aromatic ring is 1. The molecule has 2 atom stereocenters. The van der Waals surface area contributed by atoms with Crippen molar-refractivity contribution in [2.24, 2.45) is 0 Å². The van der Waals surface area contributed by atoms with E-state index < -0.39 is 11.7 Å². The first kappa shape index (κ1) is 22.9. The van der Waals surface area contributed by atoms with E-state index >= 15 is 0 Å². The quantitative estimate of drug-likeness (QED) is 0.360. The van der Waals surface area contributed by atoms with Crippen molar-refractivity contribution in [3.8, 4) is 0 Å². The Morgan fingerprint density at radius 2 is 1.61 bits per heavy atom. The first-order valence-corrected chi connectivity index (χ1v) is 10.3.